The summed E-state index contributed by atoms with van der Waals surface area (Å²) in [5.41, 5.74) is 2.64. The average molecular weight is 464 g/mol. The number of hydrogen-bond acceptors (Lipinski definition) is 4. The van der Waals surface area contributed by atoms with E-state index in [-0.39, 0.29) is 17.2 Å². The quantitative estimate of drug-likeness (QED) is 0.513. The summed E-state index contributed by atoms with van der Waals surface area (Å²) in [5.74, 6) is -1.77. The van der Waals surface area contributed by atoms with Gasteiger partial charge in [-0.3, -0.25) is 14.4 Å². The molecule has 0 spiro atoms. The fourth-order valence-corrected chi connectivity index (χ4v) is 3.74. The molecule has 6 nitrogen and oxygen atoms in total. The highest BCUT2D eigenvalue weighted by atomic mass is 35.5. The summed E-state index contributed by atoms with van der Waals surface area (Å²) in [6.07, 6.45) is 0. The van der Waals surface area contributed by atoms with Crippen LogP contribution in [-0.2, 0) is 14.4 Å². The van der Waals surface area contributed by atoms with E-state index < -0.39 is 17.6 Å². The average Bonchev–Trinajstić information content (AvgIpc) is 3.01. The number of benzene rings is 3. The molecule has 166 valence electrons. The molecule has 0 radical (unpaired) electrons. The van der Waals surface area contributed by atoms with Gasteiger partial charge in [0, 0.05) is 23.3 Å². The van der Waals surface area contributed by atoms with E-state index in [9.17, 15) is 18.8 Å². The second kappa shape index (κ2) is 8.88. The highest BCUT2D eigenvalue weighted by Crippen LogP contribution is 2.36. The van der Waals surface area contributed by atoms with Crippen molar-refractivity contribution in [3.63, 3.8) is 0 Å². The second-order valence-corrected chi connectivity index (χ2v) is 7.88. The smallest absolute Gasteiger partial charge is 0.282 e. The van der Waals surface area contributed by atoms with Crippen molar-refractivity contribution in [3.8, 4) is 0 Å². The summed E-state index contributed by atoms with van der Waals surface area (Å²) >= 11 is 6.23. The molecule has 4 rings (SSSR count). The molecule has 0 fully saturated rings. The zero-order chi connectivity index (χ0) is 23.7. The largest absolute Gasteiger partial charge is 0.350 e. The van der Waals surface area contributed by atoms with Crippen LogP contribution in [0, 0.1) is 12.7 Å². The highest BCUT2D eigenvalue weighted by Gasteiger charge is 2.41. The predicted molar refractivity (Wildman–Crippen MR) is 126 cm³/mol. The van der Waals surface area contributed by atoms with Crippen LogP contribution in [0.15, 0.2) is 72.4 Å². The van der Waals surface area contributed by atoms with Crippen molar-refractivity contribution < 1.29 is 18.8 Å². The Bertz CT molecular complexity index is 1300. The summed E-state index contributed by atoms with van der Waals surface area (Å²) in [7, 11) is 0. The normalized spacial score (nSPS) is 13.5. The zero-order valence-corrected chi connectivity index (χ0v) is 18.5. The molecule has 33 heavy (non-hydrogen) atoms. The lowest BCUT2D eigenvalue weighted by molar-refractivity contribution is -0.120. The first-order valence-corrected chi connectivity index (χ1v) is 10.4. The molecular weight excluding hydrogens is 445 g/mol. The summed E-state index contributed by atoms with van der Waals surface area (Å²) in [6.45, 7) is 3.13. The van der Waals surface area contributed by atoms with Gasteiger partial charge in [0.2, 0.25) is 5.91 Å². The minimum atomic E-state index is -0.560. The standard InChI is InChI=1S/C25H19ClFN3O3/c1-14-20(26)4-3-5-21(14)30-24(32)22(16-6-8-17(27)9-7-16)23(25(30)33)29-19-12-10-18(11-13-19)28-15(2)31/h3-13,29H,1-2H3,(H,28,31). The molecule has 0 aromatic heterocycles. The molecule has 1 heterocycles. The molecule has 0 saturated carbocycles. The van der Waals surface area contributed by atoms with Gasteiger partial charge >= 0.3 is 0 Å². The van der Waals surface area contributed by atoms with Gasteiger partial charge in [-0.2, -0.15) is 0 Å². The van der Waals surface area contributed by atoms with Gasteiger partial charge in [0.25, 0.3) is 11.8 Å². The number of halogens is 2. The number of nitrogens with one attached hydrogen (secondary N) is 2. The molecule has 1 aliphatic heterocycles. The van der Waals surface area contributed by atoms with E-state index in [1.165, 1.54) is 31.2 Å². The molecule has 3 aromatic rings. The molecule has 0 bridgehead atoms. The van der Waals surface area contributed by atoms with E-state index in [1.54, 1.807) is 49.4 Å². The van der Waals surface area contributed by atoms with Crippen molar-refractivity contribution in [3.05, 3.63) is 94.4 Å². The molecule has 1 aliphatic rings. The first-order valence-electron chi connectivity index (χ1n) is 10.0. The molecule has 8 heteroatoms. The van der Waals surface area contributed by atoms with E-state index >= 15 is 0 Å². The number of imide groups is 1. The number of hydrogen-bond donors (Lipinski definition) is 2. The fourth-order valence-electron chi connectivity index (χ4n) is 3.57. The van der Waals surface area contributed by atoms with Crippen LogP contribution >= 0.6 is 11.6 Å². The Morgan fingerprint density at radius 1 is 0.909 bits per heavy atom. The lowest BCUT2D eigenvalue weighted by Crippen LogP contribution is -2.33. The van der Waals surface area contributed by atoms with Crippen molar-refractivity contribution in [2.45, 2.75) is 13.8 Å². The van der Waals surface area contributed by atoms with Gasteiger partial charge in [0.1, 0.15) is 11.5 Å². The maximum absolute atomic E-state index is 13.5. The van der Waals surface area contributed by atoms with Crippen molar-refractivity contribution in [2.75, 3.05) is 15.5 Å². The third-order valence-corrected chi connectivity index (χ3v) is 5.58. The van der Waals surface area contributed by atoms with E-state index in [4.69, 9.17) is 11.6 Å². The Morgan fingerprint density at radius 2 is 1.55 bits per heavy atom. The van der Waals surface area contributed by atoms with Crippen LogP contribution in [0.25, 0.3) is 5.57 Å². The minimum absolute atomic E-state index is 0.0539. The van der Waals surface area contributed by atoms with Gasteiger partial charge in [0.15, 0.2) is 0 Å². The Balaban J connectivity index is 1.78. The van der Waals surface area contributed by atoms with Crippen LogP contribution in [0.5, 0.6) is 0 Å². The molecule has 3 aromatic carbocycles. The van der Waals surface area contributed by atoms with Gasteiger partial charge in [-0.1, -0.05) is 29.8 Å². The Labute approximate surface area is 194 Å². The van der Waals surface area contributed by atoms with Crippen LogP contribution in [0.2, 0.25) is 5.02 Å². The van der Waals surface area contributed by atoms with Gasteiger partial charge < -0.3 is 10.6 Å². The zero-order valence-electron chi connectivity index (χ0n) is 17.8. The number of anilines is 3. The molecule has 2 N–H and O–H groups in total. The van der Waals surface area contributed by atoms with E-state index in [0.29, 0.717) is 33.2 Å². The Morgan fingerprint density at radius 3 is 2.18 bits per heavy atom. The summed E-state index contributed by atoms with van der Waals surface area (Å²) < 4.78 is 13.5. The van der Waals surface area contributed by atoms with Crippen LogP contribution in [0.1, 0.15) is 18.1 Å². The molecule has 0 saturated heterocycles. The predicted octanol–water partition coefficient (Wildman–Crippen LogP) is 5.14. The molecule has 0 aliphatic carbocycles. The second-order valence-electron chi connectivity index (χ2n) is 7.47. The molecular formula is C25H19ClFN3O3. The summed E-state index contributed by atoms with van der Waals surface area (Å²) in [5, 5.41) is 6.11. The monoisotopic (exact) mass is 463 g/mol. The number of carbonyl (C=O) groups is 3. The Kier molecular flexibility index (Phi) is 5.98. The Hall–Kier alpha value is -3.97. The van der Waals surface area contributed by atoms with E-state index in [1.807, 2.05) is 0 Å². The van der Waals surface area contributed by atoms with Gasteiger partial charge in [0.05, 0.1) is 11.3 Å². The lowest BCUT2D eigenvalue weighted by Gasteiger charge is -2.18. The summed E-state index contributed by atoms with van der Waals surface area (Å²) in [6, 6.07) is 17.0. The third kappa shape index (κ3) is 4.36. The van der Waals surface area contributed by atoms with Gasteiger partial charge in [-0.15, -0.1) is 0 Å². The third-order valence-electron chi connectivity index (χ3n) is 5.17. The van der Waals surface area contributed by atoms with Crippen LogP contribution < -0.4 is 15.5 Å². The fraction of sp³-hybridized carbons (Fsp3) is 0.0800. The van der Waals surface area contributed by atoms with E-state index in [0.717, 1.165) is 4.90 Å². The number of nitrogens with zero attached hydrogens (tertiary/aromatic N) is 1. The number of carbonyl (C=O) groups excluding carboxylic acids is 3. The summed E-state index contributed by atoms with van der Waals surface area (Å²) in [4.78, 5) is 39.2. The van der Waals surface area contributed by atoms with Crippen molar-refractivity contribution >= 4 is 52.0 Å². The van der Waals surface area contributed by atoms with Crippen molar-refractivity contribution in [1.29, 1.82) is 0 Å². The topological polar surface area (TPSA) is 78.5 Å². The first kappa shape index (κ1) is 22.2. The van der Waals surface area contributed by atoms with E-state index in [2.05, 4.69) is 10.6 Å². The maximum atomic E-state index is 13.5. The SMILES string of the molecule is CC(=O)Nc1ccc(NC2=C(c3ccc(F)cc3)C(=O)N(c3cccc(Cl)c3C)C2=O)cc1. The molecule has 3 amide bonds. The van der Waals surface area contributed by atoms with Gasteiger partial charge in [-0.25, -0.2) is 9.29 Å². The lowest BCUT2D eigenvalue weighted by atomic mass is 10.0. The first-order chi connectivity index (χ1) is 15.8. The van der Waals surface area contributed by atoms with Crippen LogP contribution in [0.4, 0.5) is 21.5 Å². The molecule has 0 atom stereocenters. The van der Waals surface area contributed by atoms with Crippen molar-refractivity contribution in [1.82, 2.24) is 0 Å². The van der Waals surface area contributed by atoms with Crippen LogP contribution in [-0.4, -0.2) is 17.7 Å². The highest BCUT2D eigenvalue weighted by molar-refractivity contribution is 6.46. The minimum Gasteiger partial charge on any atom is -0.350 e. The number of rotatable bonds is 5. The van der Waals surface area contributed by atoms with Gasteiger partial charge in [-0.05, 0) is 66.6 Å². The van der Waals surface area contributed by atoms with Crippen molar-refractivity contribution in [2.24, 2.45) is 0 Å². The van der Waals surface area contributed by atoms with Crippen LogP contribution in [0.3, 0.4) is 0 Å². The number of amides is 3. The molecule has 0 unspecified atom stereocenters. The maximum Gasteiger partial charge on any atom is 0.282 e.